The number of halogens is 4. The first-order chi connectivity index (χ1) is 20.6. The summed E-state index contributed by atoms with van der Waals surface area (Å²) in [5, 5.41) is 9.35. The van der Waals surface area contributed by atoms with Crippen molar-refractivity contribution >= 4 is 34.2 Å². The van der Waals surface area contributed by atoms with Crippen molar-refractivity contribution in [1.29, 1.82) is 0 Å². The fourth-order valence-electron chi connectivity index (χ4n) is 5.09. The van der Waals surface area contributed by atoms with Crippen molar-refractivity contribution in [2.75, 3.05) is 19.7 Å². The summed E-state index contributed by atoms with van der Waals surface area (Å²) in [6.45, 7) is 3.23. The van der Waals surface area contributed by atoms with Gasteiger partial charge in [-0.25, -0.2) is 14.8 Å². The molecule has 0 unspecified atom stereocenters. The molecule has 224 valence electrons. The number of carbonyl (C=O) groups is 1. The molecule has 13 heteroatoms. The van der Waals surface area contributed by atoms with Crippen LogP contribution in [0, 0.1) is 0 Å². The fourth-order valence-corrected chi connectivity index (χ4v) is 5.31. The van der Waals surface area contributed by atoms with Gasteiger partial charge in [-0.2, -0.15) is 13.2 Å². The minimum Gasteiger partial charge on any atom is -0.478 e. The molecule has 1 aromatic carbocycles. The first-order valence-corrected chi connectivity index (χ1v) is 14.1. The minimum absolute atomic E-state index is 0.0871. The van der Waals surface area contributed by atoms with E-state index >= 15 is 0 Å². The van der Waals surface area contributed by atoms with E-state index in [-0.39, 0.29) is 29.0 Å². The molecule has 0 bridgehead atoms. The van der Waals surface area contributed by atoms with E-state index in [1.165, 1.54) is 0 Å². The van der Waals surface area contributed by atoms with Crippen molar-refractivity contribution in [3.8, 4) is 5.88 Å². The van der Waals surface area contributed by atoms with Crippen LogP contribution in [-0.4, -0.2) is 61.3 Å². The molecule has 1 atom stereocenters. The van der Waals surface area contributed by atoms with E-state index in [0.717, 1.165) is 66.4 Å². The number of aromatic nitrogens is 4. The van der Waals surface area contributed by atoms with Gasteiger partial charge in [-0.3, -0.25) is 9.88 Å². The van der Waals surface area contributed by atoms with E-state index in [1.807, 2.05) is 12.1 Å². The van der Waals surface area contributed by atoms with Crippen molar-refractivity contribution in [2.45, 2.75) is 44.8 Å². The van der Waals surface area contributed by atoms with Gasteiger partial charge in [0, 0.05) is 32.0 Å². The van der Waals surface area contributed by atoms with E-state index in [0.29, 0.717) is 25.5 Å². The number of fused-ring (bicyclic) bond motifs is 1. The number of imidazole rings is 1. The smallest absolute Gasteiger partial charge is 0.417 e. The van der Waals surface area contributed by atoms with Gasteiger partial charge >= 0.3 is 12.1 Å². The Morgan fingerprint density at radius 3 is 2.70 bits per heavy atom. The lowest BCUT2D eigenvalue weighted by atomic mass is 10.0. The van der Waals surface area contributed by atoms with Crippen molar-refractivity contribution in [1.82, 2.24) is 24.4 Å². The fraction of sp³-hybridized carbons (Fsp3) is 0.333. The summed E-state index contributed by atoms with van der Waals surface area (Å²) in [5.74, 6) is 0.188. The van der Waals surface area contributed by atoms with E-state index in [2.05, 4.69) is 25.5 Å². The van der Waals surface area contributed by atoms with Crippen molar-refractivity contribution in [3.05, 3.63) is 88.1 Å². The van der Waals surface area contributed by atoms with Crippen LogP contribution in [0.15, 0.2) is 54.7 Å². The highest BCUT2D eigenvalue weighted by Crippen LogP contribution is 2.31. The van der Waals surface area contributed by atoms with Crippen LogP contribution in [0.2, 0.25) is 5.02 Å². The Morgan fingerprint density at radius 2 is 2.02 bits per heavy atom. The van der Waals surface area contributed by atoms with Crippen LogP contribution in [0.4, 0.5) is 13.2 Å². The third-order valence-electron chi connectivity index (χ3n) is 7.57. The molecule has 0 saturated carbocycles. The topological polar surface area (TPSA) is 103 Å². The number of carboxylic acids is 1. The Bertz CT molecular complexity index is 1700. The minimum atomic E-state index is -4.53. The molecular weight excluding hydrogens is 587 g/mol. The summed E-state index contributed by atoms with van der Waals surface area (Å²) in [4.78, 5) is 27.1. The number of alkyl halides is 3. The molecule has 4 aromatic rings. The van der Waals surface area contributed by atoms with E-state index in [9.17, 15) is 23.1 Å². The first kappa shape index (κ1) is 29.1. The highest BCUT2D eigenvalue weighted by atomic mass is 35.5. The monoisotopic (exact) mass is 613 g/mol. The average Bonchev–Trinajstić information content (AvgIpc) is 3.30. The number of carboxylic acid groups (broad SMARTS) is 1. The Hall–Kier alpha value is -4.00. The zero-order valence-corrected chi connectivity index (χ0v) is 23.6. The largest absolute Gasteiger partial charge is 0.478 e. The van der Waals surface area contributed by atoms with Crippen LogP contribution in [-0.2, 0) is 30.6 Å². The quantitative estimate of drug-likeness (QED) is 0.251. The second-order valence-corrected chi connectivity index (χ2v) is 10.9. The Morgan fingerprint density at radius 1 is 1.19 bits per heavy atom. The predicted octanol–water partition coefficient (Wildman–Crippen LogP) is 5.85. The summed E-state index contributed by atoms with van der Waals surface area (Å²) < 4.78 is 52.1. The summed E-state index contributed by atoms with van der Waals surface area (Å²) >= 11 is 6.00. The Labute approximate surface area is 249 Å². The molecule has 0 aliphatic carbocycles. The lowest BCUT2D eigenvalue weighted by molar-refractivity contribution is -0.137. The molecule has 1 saturated heterocycles. The lowest BCUT2D eigenvalue weighted by Crippen LogP contribution is -2.33. The number of rotatable bonds is 9. The van der Waals surface area contributed by atoms with Crippen molar-refractivity contribution in [3.63, 3.8) is 0 Å². The molecule has 9 nitrogen and oxygen atoms in total. The lowest BCUT2D eigenvalue weighted by Gasteiger charge is -2.29. The maximum atomic E-state index is 12.9. The molecule has 0 spiro atoms. The van der Waals surface area contributed by atoms with Gasteiger partial charge in [0.05, 0.1) is 57.8 Å². The van der Waals surface area contributed by atoms with Crippen molar-refractivity contribution in [2.24, 2.45) is 0 Å². The second kappa shape index (κ2) is 11.9. The SMILES string of the molecule is O=C(O)c1ccc2nc(CN3CC=C(c4cccc(OCc5ncc(C(F)(F)F)cc5Cl)n4)CC3)n(C[C@@H]3CCO3)c2c1. The summed E-state index contributed by atoms with van der Waals surface area (Å²) in [5.41, 5.74) is 2.82. The molecule has 0 radical (unpaired) electrons. The molecule has 6 rings (SSSR count). The molecule has 0 amide bonds. The second-order valence-electron chi connectivity index (χ2n) is 10.4. The van der Waals surface area contributed by atoms with Crippen LogP contribution in [0.5, 0.6) is 5.88 Å². The van der Waals surface area contributed by atoms with Gasteiger partial charge in [0.2, 0.25) is 5.88 Å². The zero-order chi connectivity index (χ0) is 30.1. The highest BCUT2D eigenvalue weighted by molar-refractivity contribution is 6.31. The number of hydrogen-bond donors (Lipinski definition) is 1. The third-order valence-corrected chi connectivity index (χ3v) is 7.89. The number of ether oxygens (including phenoxy) is 2. The Balaban J connectivity index is 1.13. The molecule has 43 heavy (non-hydrogen) atoms. The van der Waals surface area contributed by atoms with E-state index < -0.39 is 17.7 Å². The first-order valence-electron chi connectivity index (χ1n) is 13.7. The molecule has 3 aromatic heterocycles. The van der Waals surface area contributed by atoms with Crippen LogP contribution >= 0.6 is 11.6 Å². The number of benzene rings is 1. The van der Waals surface area contributed by atoms with Crippen LogP contribution in [0.3, 0.4) is 0 Å². The summed E-state index contributed by atoms with van der Waals surface area (Å²) in [6.07, 6.45) is 0.0883. The van der Waals surface area contributed by atoms with Gasteiger partial charge in [-0.15, -0.1) is 0 Å². The van der Waals surface area contributed by atoms with Gasteiger partial charge in [0.25, 0.3) is 0 Å². The number of aromatic carboxylic acids is 1. The number of nitrogens with zero attached hydrogens (tertiary/aromatic N) is 5. The van der Waals surface area contributed by atoms with Gasteiger partial charge in [0.15, 0.2) is 0 Å². The molecule has 1 N–H and O–H groups in total. The van der Waals surface area contributed by atoms with Crippen LogP contribution in [0.25, 0.3) is 16.6 Å². The third kappa shape index (κ3) is 6.51. The molecule has 2 aliphatic heterocycles. The zero-order valence-electron chi connectivity index (χ0n) is 22.9. The molecule has 5 heterocycles. The van der Waals surface area contributed by atoms with Gasteiger partial charge < -0.3 is 19.1 Å². The maximum absolute atomic E-state index is 12.9. The van der Waals surface area contributed by atoms with Gasteiger partial charge in [-0.05, 0) is 48.7 Å². The average molecular weight is 614 g/mol. The Kier molecular flexibility index (Phi) is 8.08. The van der Waals surface area contributed by atoms with Crippen molar-refractivity contribution < 1.29 is 32.5 Å². The predicted molar refractivity (Wildman–Crippen MR) is 152 cm³/mol. The highest BCUT2D eigenvalue weighted by Gasteiger charge is 2.31. The van der Waals surface area contributed by atoms with Crippen LogP contribution in [0.1, 0.15) is 46.0 Å². The van der Waals surface area contributed by atoms with E-state index in [4.69, 9.17) is 26.1 Å². The number of pyridine rings is 2. The normalized spacial score (nSPS) is 17.5. The molecular formula is C30H27ClF3N5O4. The summed E-state index contributed by atoms with van der Waals surface area (Å²) in [7, 11) is 0. The standard InChI is InChI=1S/C30H27ClF3N5O4/c31-22-13-20(30(32,33)34)14-35-25(22)17-43-28-3-1-2-23(37-28)18-6-9-38(10-7-18)16-27-36-24-5-4-19(29(40)41)12-26(24)39(27)15-21-8-11-42-21/h1-6,12-14,21H,7-11,15-17H2,(H,40,41)/t21-/m0/s1. The van der Waals surface area contributed by atoms with Gasteiger partial charge in [0.1, 0.15) is 12.4 Å². The molecule has 2 aliphatic rings. The molecule has 1 fully saturated rings. The van der Waals surface area contributed by atoms with Gasteiger partial charge in [-0.1, -0.05) is 23.7 Å². The van der Waals surface area contributed by atoms with E-state index in [1.54, 1.807) is 24.3 Å². The maximum Gasteiger partial charge on any atom is 0.417 e. The summed E-state index contributed by atoms with van der Waals surface area (Å²) in [6, 6.07) is 11.2. The van der Waals surface area contributed by atoms with Crippen LogP contribution < -0.4 is 4.74 Å². The number of hydrogen-bond acceptors (Lipinski definition) is 7.